The van der Waals surface area contributed by atoms with Crippen LogP contribution in [0.25, 0.3) is 0 Å². The highest BCUT2D eigenvalue weighted by Crippen LogP contribution is 2.13. The molecule has 1 amide bonds. The van der Waals surface area contributed by atoms with Crippen molar-refractivity contribution in [2.45, 2.75) is 33.2 Å². The third-order valence-corrected chi connectivity index (χ3v) is 2.32. The predicted molar refractivity (Wildman–Crippen MR) is 73.8 cm³/mol. The highest BCUT2D eigenvalue weighted by Gasteiger charge is 2.16. The summed E-state index contributed by atoms with van der Waals surface area (Å²) in [6, 6.07) is 4.90. The largest absolute Gasteiger partial charge is 0.452 e. The number of amides is 1. The maximum absolute atomic E-state index is 11.8. The Labute approximate surface area is 113 Å². The van der Waals surface area contributed by atoms with Crippen molar-refractivity contribution in [3.8, 4) is 0 Å². The number of nitrogens with one attached hydrogen (secondary N) is 1. The second-order valence-corrected chi connectivity index (χ2v) is 5.45. The molecule has 0 fully saturated rings. The van der Waals surface area contributed by atoms with E-state index in [2.05, 4.69) is 5.32 Å². The average molecular weight is 264 g/mol. The Morgan fingerprint density at radius 3 is 2.47 bits per heavy atom. The van der Waals surface area contributed by atoms with Gasteiger partial charge in [0.05, 0.1) is 5.56 Å². The highest BCUT2D eigenvalue weighted by molar-refractivity contribution is 5.93. The first-order chi connectivity index (χ1) is 8.69. The zero-order valence-corrected chi connectivity index (χ0v) is 11.7. The van der Waals surface area contributed by atoms with Crippen molar-refractivity contribution >= 4 is 17.6 Å². The van der Waals surface area contributed by atoms with Crippen molar-refractivity contribution in [3.05, 3.63) is 29.3 Å². The molecule has 3 N–H and O–H groups in total. The van der Waals surface area contributed by atoms with E-state index < -0.39 is 5.97 Å². The Morgan fingerprint density at radius 2 is 1.95 bits per heavy atom. The molecule has 0 aliphatic rings. The van der Waals surface area contributed by atoms with E-state index in [0.29, 0.717) is 11.3 Å². The molecule has 0 radical (unpaired) electrons. The number of hydrogen-bond donors (Lipinski definition) is 2. The number of ether oxygens (including phenoxy) is 1. The summed E-state index contributed by atoms with van der Waals surface area (Å²) < 4.78 is 4.96. The average Bonchev–Trinajstić information content (AvgIpc) is 2.23. The van der Waals surface area contributed by atoms with Crippen LogP contribution in [0.1, 0.15) is 36.7 Å². The maximum Gasteiger partial charge on any atom is 0.338 e. The summed E-state index contributed by atoms with van der Waals surface area (Å²) >= 11 is 0. The highest BCUT2D eigenvalue weighted by atomic mass is 16.5. The minimum Gasteiger partial charge on any atom is -0.452 e. The van der Waals surface area contributed by atoms with Gasteiger partial charge in [0.2, 0.25) is 0 Å². The topological polar surface area (TPSA) is 81.4 Å². The fraction of sp³-hybridized carbons (Fsp3) is 0.429. The summed E-state index contributed by atoms with van der Waals surface area (Å²) in [6.45, 7) is 7.05. The van der Waals surface area contributed by atoms with E-state index in [4.69, 9.17) is 10.5 Å². The van der Waals surface area contributed by atoms with E-state index in [0.717, 1.165) is 5.56 Å². The molecule has 0 unspecified atom stereocenters. The number of esters is 1. The molecule has 0 aliphatic heterocycles. The van der Waals surface area contributed by atoms with Gasteiger partial charge in [-0.2, -0.15) is 0 Å². The molecular weight excluding hydrogens is 244 g/mol. The summed E-state index contributed by atoms with van der Waals surface area (Å²) in [5.41, 5.74) is 6.98. The molecule has 1 aromatic rings. The van der Waals surface area contributed by atoms with E-state index in [1.807, 2.05) is 20.8 Å². The number of hydrogen-bond acceptors (Lipinski definition) is 4. The van der Waals surface area contributed by atoms with Crippen LogP contribution in [0.2, 0.25) is 0 Å². The molecule has 5 nitrogen and oxygen atoms in total. The zero-order valence-electron chi connectivity index (χ0n) is 11.7. The lowest BCUT2D eigenvalue weighted by Gasteiger charge is -2.20. The molecular formula is C14H20N2O3. The number of carbonyl (C=O) groups excluding carboxylic acids is 2. The fourth-order valence-electron chi connectivity index (χ4n) is 1.58. The molecule has 0 heterocycles. The van der Waals surface area contributed by atoms with E-state index in [1.54, 1.807) is 25.1 Å². The van der Waals surface area contributed by atoms with Gasteiger partial charge in [-0.3, -0.25) is 4.79 Å². The van der Waals surface area contributed by atoms with Crippen LogP contribution in [-0.2, 0) is 9.53 Å². The third kappa shape index (κ3) is 4.99. The summed E-state index contributed by atoms with van der Waals surface area (Å²) in [5, 5.41) is 2.71. The van der Waals surface area contributed by atoms with E-state index in [1.165, 1.54) is 0 Å². The summed E-state index contributed by atoms with van der Waals surface area (Å²) in [4.78, 5) is 23.3. The number of rotatable bonds is 3. The lowest BCUT2D eigenvalue weighted by Crippen LogP contribution is -2.42. The van der Waals surface area contributed by atoms with Gasteiger partial charge in [0.25, 0.3) is 5.91 Å². The van der Waals surface area contributed by atoms with E-state index in [-0.39, 0.29) is 18.1 Å². The van der Waals surface area contributed by atoms with Crippen molar-refractivity contribution in [3.63, 3.8) is 0 Å². The number of aryl methyl sites for hydroxylation is 1. The minimum absolute atomic E-state index is 0.292. The van der Waals surface area contributed by atoms with Gasteiger partial charge in [0.15, 0.2) is 6.61 Å². The fourth-order valence-corrected chi connectivity index (χ4v) is 1.58. The Kier molecular flexibility index (Phi) is 4.53. The van der Waals surface area contributed by atoms with Crippen molar-refractivity contribution in [1.29, 1.82) is 0 Å². The van der Waals surface area contributed by atoms with Crippen molar-refractivity contribution in [2.24, 2.45) is 0 Å². The van der Waals surface area contributed by atoms with Crippen LogP contribution >= 0.6 is 0 Å². The molecule has 5 heteroatoms. The third-order valence-electron chi connectivity index (χ3n) is 2.32. The monoisotopic (exact) mass is 264 g/mol. The first-order valence-corrected chi connectivity index (χ1v) is 6.03. The number of carbonyl (C=O) groups is 2. The van der Waals surface area contributed by atoms with Crippen LogP contribution in [-0.4, -0.2) is 24.0 Å². The number of nitrogen functional groups attached to an aromatic ring is 1. The molecule has 0 atom stereocenters. The Balaban J connectivity index is 2.59. The molecule has 1 aromatic carbocycles. The first kappa shape index (κ1) is 15.0. The van der Waals surface area contributed by atoms with Gasteiger partial charge >= 0.3 is 5.97 Å². The number of benzene rings is 1. The van der Waals surface area contributed by atoms with E-state index >= 15 is 0 Å². The molecule has 0 saturated heterocycles. The van der Waals surface area contributed by atoms with Gasteiger partial charge in [0.1, 0.15) is 0 Å². The van der Waals surface area contributed by atoms with Gasteiger partial charge in [-0.15, -0.1) is 0 Å². The van der Waals surface area contributed by atoms with Crippen LogP contribution in [0, 0.1) is 6.92 Å². The zero-order chi connectivity index (χ0) is 14.6. The molecule has 1 rings (SSSR count). The number of nitrogens with two attached hydrogens (primary N) is 1. The molecule has 104 valence electrons. The second-order valence-electron chi connectivity index (χ2n) is 5.45. The summed E-state index contributed by atoms with van der Waals surface area (Å²) in [6.07, 6.45) is 0. The standard InChI is InChI=1S/C14H20N2O3/c1-9-7-10(15)5-6-11(9)13(18)19-8-12(17)16-14(2,3)4/h5-7H,8,15H2,1-4H3,(H,16,17). The first-order valence-electron chi connectivity index (χ1n) is 6.03. The van der Waals surface area contributed by atoms with Crippen LogP contribution in [0.15, 0.2) is 18.2 Å². The summed E-state index contributed by atoms with van der Waals surface area (Å²) in [5.74, 6) is -0.851. The lowest BCUT2D eigenvalue weighted by atomic mass is 10.1. The quantitative estimate of drug-likeness (QED) is 0.642. The van der Waals surface area contributed by atoms with Crippen molar-refractivity contribution in [1.82, 2.24) is 5.32 Å². The molecule has 0 aliphatic carbocycles. The Morgan fingerprint density at radius 1 is 1.32 bits per heavy atom. The van der Waals surface area contributed by atoms with Crippen LogP contribution in [0.4, 0.5) is 5.69 Å². The number of anilines is 1. The summed E-state index contributed by atoms with van der Waals surface area (Å²) in [7, 11) is 0. The minimum atomic E-state index is -0.526. The smallest absolute Gasteiger partial charge is 0.338 e. The van der Waals surface area contributed by atoms with Crippen molar-refractivity contribution in [2.75, 3.05) is 12.3 Å². The molecule has 0 saturated carbocycles. The Hall–Kier alpha value is -2.04. The van der Waals surface area contributed by atoms with Gasteiger partial charge in [-0.05, 0) is 51.5 Å². The van der Waals surface area contributed by atoms with Crippen LogP contribution in [0.3, 0.4) is 0 Å². The van der Waals surface area contributed by atoms with Crippen LogP contribution in [0.5, 0.6) is 0 Å². The van der Waals surface area contributed by atoms with Gasteiger partial charge in [0, 0.05) is 11.2 Å². The SMILES string of the molecule is Cc1cc(N)ccc1C(=O)OCC(=O)NC(C)(C)C. The predicted octanol–water partition coefficient (Wildman–Crippen LogP) is 1.65. The van der Waals surface area contributed by atoms with Gasteiger partial charge in [-0.1, -0.05) is 0 Å². The second kappa shape index (κ2) is 5.73. The van der Waals surface area contributed by atoms with Crippen LogP contribution < -0.4 is 11.1 Å². The van der Waals surface area contributed by atoms with Crippen molar-refractivity contribution < 1.29 is 14.3 Å². The van der Waals surface area contributed by atoms with Gasteiger partial charge in [-0.25, -0.2) is 4.79 Å². The molecule has 0 bridgehead atoms. The Bertz CT molecular complexity index is 490. The molecule has 0 spiro atoms. The maximum atomic E-state index is 11.8. The molecule has 0 aromatic heterocycles. The van der Waals surface area contributed by atoms with E-state index in [9.17, 15) is 9.59 Å². The van der Waals surface area contributed by atoms with Gasteiger partial charge < -0.3 is 15.8 Å². The normalized spacial score (nSPS) is 10.9. The lowest BCUT2D eigenvalue weighted by molar-refractivity contribution is -0.125. The molecule has 19 heavy (non-hydrogen) atoms.